The van der Waals surface area contributed by atoms with Crippen molar-refractivity contribution in [1.82, 2.24) is 4.98 Å². The van der Waals surface area contributed by atoms with Gasteiger partial charge in [-0.3, -0.25) is 10.1 Å². The molecule has 0 unspecified atom stereocenters. The van der Waals surface area contributed by atoms with E-state index < -0.39 is 4.92 Å². The highest BCUT2D eigenvalue weighted by Gasteiger charge is 2.21. The zero-order valence-electron chi connectivity index (χ0n) is 8.06. The quantitative estimate of drug-likeness (QED) is 0.514. The number of pyridine rings is 1. The second-order valence-electron chi connectivity index (χ2n) is 3.54. The van der Waals surface area contributed by atoms with Crippen molar-refractivity contribution in [2.75, 3.05) is 0 Å². The number of nitriles is 1. The van der Waals surface area contributed by atoms with E-state index >= 15 is 0 Å². The predicted molar refractivity (Wildman–Crippen MR) is 52.2 cm³/mol. The summed E-state index contributed by atoms with van der Waals surface area (Å²) in [5, 5.41) is 19.4. The van der Waals surface area contributed by atoms with E-state index in [0.29, 0.717) is 0 Å². The molecule has 5 nitrogen and oxygen atoms in total. The Morgan fingerprint density at radius 3 is 2.87 bits per heavy atom. The van der Waals surface area contributed by atoms with Gasteiger partial charge in [0.05, 0.1) is 4.92 Å². The van der Waals surface area contributed by atoms with Crippen LogP contribution in [0, 0.1) is 21.4 Å². The molecule has 1 aromatic heterocycles. The van der Waals surface area contributed by atoms with Gasteiger partial charge in [-0.15, -0.1) is 0 Å². The molecule has 1 aliphatic rings. The zero-order chi connectivity index (χ0) is 10.8. The van der Waals surface area contributed by atoms with Gasteiger partial charge in [-0.05, 0) is 31.2 Å². The summed E-state index contributed by atoms with van der Waals surface area (Å²) in [7, 11) is 0. The second kappa shape index (κ2) is 3.65. The number of aromatic nitrogens is 1. The van der Waals surface area contributed by atoms with Crippen LogP contribution in [0.2, 0.25) is 0 Å². The standard InChI is InChI=1S/C10H9N3O2/c11-6-9-10(13(14)15)5-7-3-1-2-4-8(7)12-9/h5H,1-4H2. The summed E-state index contributed by atoms with van der Waals surface area (Å²) in [6.07, 6.45) is 3.73. The molecule has 0 atom stereocenters. The van der Waals surface area contributed by atoms with Crippen LogP contribution in [0.1, 0.15) is 29.8 Å². The van der Waals surface area contributed by atoms with E-state index in [1.165, 1.54) is 6.07 Å². The number of fused-ring (bicyclic) bond motifs is 1. The number of hydrogen-bond acceptors (Lipinski definition) is 4. The summed E-state index contributed by atoms with van der Waals surface area (Å²) >= 11 is 0. The summed E-state index contributed by atoms with van der Waals surface area (Å²) in [4.78, 5) is 14.2. The van der Waals surface area contributed by atoms with Gasteiger partial charge in [-0.2, -0.15) is 5.26 Å². The maximum absolute atomic E-state index is 10.7. The molecule has 1 aliphatic carbocycles. The highest BCUT2D eigenvalue weighted by Crippen LogP contribution is 2.25. The third-order valence-electron chi connectivity index (χ3n) is 2.58. The smallest absolute Gasteiger partial charge is 0.258 e. The molecular weight excluding hydrogens is 194 g/mol. The van der Waals surface area contributed by atoms with E-state index in [0.717, 1.165) is 36.9 Å². The lowest BCUT2D eigenvalue weighted by molar-refractivity contribution is -0.385. The van der Waals surface area contributed by atoms with Gasteiger partial charge in [0.25, 0.3) is 0 Å². The van der Waals surface area contributed by atoms with Gasteiger partial charge in [0.15, 0.2) is 0 Å². The minimum atomic E-state index is -0.541. The maximum Gasteiger partial charge on any atom is 0.305 e. The number of nitrogens with zero attached hydrogens (tertiary/aromatic N) is 3. The second-order valence-corrected chi connectivity index (χ2v) is 3.54. The first-order valence-corrected chi connectivity index (χ1v) is 4.79. The van der Waals surface area contributed by atoms with Crippen molar-refractivity contribution in [3.8, 4) is 6.07 Å². The molecule has 0 aromatic carbocycles. The fourth-order valence-corrected chi connectivity index (χ4v) is 1.84. The molecule has 0 saturated carbocycles. The van der Waals surface area contributed by atoms with E-state index in [1.54, 1.807) is 6.07 Å². The molecule has 0 fully saturated rings. The van der Waals surface area contributed by atoms with Gasteiger partial charge in [0, 0.05) is 11.8 Å². The average Bonchev–Trinajstić information content (AvgIpc) is 2.27. The topological polar surface area (TPSA) is 79.8 Å². The minimum Gasteiger partial charge on any atom is -0.258 e. The Morgan fingerprint density at radius 2 is 2.20 bits per heavy atom. The Balaban J connectivity index is 2.57. The zero-order valence-corrected chi connectivity index (χ0v) is 8.06. The minimum absolute atomic E-state index is 0.0688. The largest absolute Gasteiger partial charge is 0.305 e. The molecular formula is C10H9N3O2. The van der Waals surface area contributed by atoms with E-state index in [2.05, 4.69) is 4.98 Å². The fraction of sp³-hybridized carbons (Fsp3) is 0.400. The van der Waals surface area contributed by atoms with Crippen molar-refractivity contribution in [2.24, 2.45) is 0 Å². The highest BCUT2D eigenvalue weighted by atomic mass is 16.6. The van der Waals surface area contributed by atoms with Crippen LogP contribution >= 0.6 is 0 Å². The first-order valence-electron chi connectivity index (χ1n) is 4.79. The number of hydrogen-bond donors (Lipinski definition) is 0. The first-order chi connectivity index (χ1) is 7.22. The van der Waals surface area contributed by atoms with Gasteiger partial charge < -0.3 is 0 Å². The molecule has 0 aliphatic heterocycles. The average molecular weight is 203 g/mol. The summed E-state index contributed by atoms with van der Waals surface area (Å²) < 4.78 is 0. The van der Waals surface area contributed by atoms with Crippen molar-refractivity contribution < 1.29 is 4.92 Å². The van der Waals surface area contributed by atoms with E-state index in [1.807, 2.05) is 0 Å². The van der Waals surface area contributed by atoms with Gasteiger partial charge in [0.1, 0.15) is 6.07 Å². The number of aryl methyl sites for hydroxylation is 2. The van der Waals surface area contributed by atoms with E-state index in [4.69, 9.17) is 5.26 Å². The highest BCUT2D eigenvalue weighted by molar-refractivity contribution is 5.47. The molecule has 15 heavy (non-hydrogen) atoms. The molecule has 0 saturated heterocycles. The van der Waals surface area contributed by atoms with E-state index in [9.17, 15) is 10.1 Å². The molecule has 0 spiro atoms. The SMILES string of the molecule is N#Cc1nc2c(cc1[N+](=O)[O-])CCCC2. The fourth-order valence-electron chi connectivity index (χ4n) is 1.84. The van der Waals surface area contributed by atoms with Crippen molar-refractivity contribution in [1.29, 1.82) is 5.26 Å². The van der Waals surface area contributed by atoms with Crippen LogP contribution in [0.15, 0.2) is 6.07 Å². The molecule has 0 amide bonds. The van der Waals surface area contributed by atoms with Crippen LogP contribution in [0.5, 0.6) is 0 Å². The summed E-state index contributed by atoms with van der Waals surface area (Å²) in [5.74, 6) is 0. The van der Waals surface area contributed by atoms with Gasteiger partial charge in [-0.25, -0.2) is 4.98 Å². The molecule has 1 heterocycles. The third-order valence-corrected chi connectivity index (χ3v) is 2.58. The maximum atomic E-state index is 10.7. The van der Waals surface area contributed by atoms with Crippen LogP contribution in [-0.2, 0) is 12.8 Å². The van der Waals surface area contributed by atoms with Crippen LogP contribution in [0.3, 0.4) is 0 Å². The van der Waals surface area contributed by atoms with Crippen LogP contribution in [-0.4, -0.2) is 9.91 Å². The number of rotatable bonds is 1. The lowest BCUT2D eigenvalue weighted by atomic mass is 9.95. The normalized spacial score (nSPS) is 14.1. The first kappa shape index (κ1) is 9.59. The van der Waals surface area contributed by atoms with Crippen LogP contribution in [0.4, 0.5) is 5.69 Å². The van der Waals surface area contributed by atoms with Gasteiger partial charge >= 0.3 is 5.69 Å². The molecule has 0 N–H and O–H groups in total. The lowest BCUT2D eigenvalue weighted by Crippen LogP contribution is -2.08. The van der Waals surface area contributed by atoms with Gasteiger partial charge in [0.2, 0.25) is 5.69 Å². The molecule has 0 radical (unpaired) electrons. The Hall–Kier alpha value is -1.96. The summed E-state index contributed by atoms with van der Waals surface area (Å²) in [5.41, 5.74) is 1.54. The summed E-state index contributed by atoms with van der Waals surface area (Å²) in [6.45, 7) is 0. The van der Waals surface area contributed by atoms with E-state index in [-0.39, 0.29) is 11.4 Å². The van der Waals surface area contributed by atoms with Crippen molar-refractivity contribution in [3.05, 3.63) is 33.1 Å². The molecule has 1 aromatic rings. The Bertz CT molecular complexity index is 462. The number of nitro groups is 1. The predicted octanol–water partition coefficient (Wildman–Crippen LogP) is 1.74. The van der Waals surface area contributed by atoms with Crippen molar-refractivity contribution in [2.45, 2.75) is 25.7 Å². The third kappa shape index (κ3) is 1.66. The van der Waals surface area contributed by atoms with Gasteiger partial charge in [-0.1, -0.05) is 0 Å². The molecule has 0 bridgehead atoms. The lowest BCUT2D eigenvalue weighted by Gasteiger charge is -2.13. The van der Waals surface area contributed by atoms with Crippen LogP contribution in [0.25, 0.3) is 0 Å². The Morgan fingerprint density at radius 1 is 1.47 bits per heavy atom. The Kier molecular flexibility index (Phi) is 2.34. The van der Waals surface area contributed by atoms with Crippen LogP contribution < -0.4 is 0 Å². The van der Waals surface area contributed by atoms with Crippen molar-refractivity contribution >= 4 is 5.69 Å². The Labute approximate surface area is 86.5 Å². The molecule has 5 heteroatoms. The summed E-state index contributed by atoms with van der Waals surface area (Å²) in [6, 6.07) is 3.27. The molecule has 2 rings (SSSR count). The monoisotopic (exact) mass is 203 g/mol. The van der Waals surface area contributed by atoms with Crippen molar-refractivity contribution in [3.63, 3.8) is 0 Å². The molecule has 76 valence electrons.